The molecular formula is C8H20OPS2+. The Morgan fingerprint density at radius 1 is 1.17 bits per heavy atom. The van der Waals surface area contributed by atoms with E-state index in [1.807, 2.05) is 0 Å². The van der Waals surface area contributed by atoms with E-state index >= 15 is 0 Å². The van der Waals surface area contributed by atoms with Crippen LogP contribution in [0.25, 0.3) is 0 Å². The molecule has 0 saturated carbocycles. The van der Waals surface area contributed by atoms with Crippen LogP contribution in [0.1, 0.15) is 39.5 Å². The lowest BCUT2D eigenvalue weighted by Crippen LogP contribution is -2.00. The van der Waals surface area contributed by atoms with Crippen LogP contribution in [0, 0.1) is 0 Å². The van der Waals surface area contributed by atoms with Gasteiger partial charge < -0.3 is 0 Å². The molecule has 0 aromatic carbocycles. The van der Waals surface area contributed by atoms with Gasteiger partial charge in [0, 0.05) is 21.6 Å². The van der Waals surface area contributed by atoms with Gasteiger partial charge in [-0.3, -0.25) is 0 Å². The largest absolute Gasteiger partial charge is 0.353 e. The molecule has 0 aliphatic carbocycles. The highest BCUT2D eigenvalue weighted by Crippen LogP contribution is 2.29. The van der Waals surface area contributed by atoms with Gasteiger partial charge in [0.25, 0.3) is 0 Å². The zero-order valence-corrected chi connectivity index (χ0v) is 10.6. The summed E-state index contributed by atoms with van der Waals surface area (Å²) in [6.45, 7) is 4.39. The standard InChI is InChI=1S/C8H20OPS2/c1-3-5-7-12(10(9)11)8-6-4-2/h9,11H,3-8H2,1-2H3/q+1. The molecule has 0 aromatic rings. The Morgan fingerprint density at radius 3 is 1.83 bits per heavy atom. The van der Waals surface area contributed by atoms with Gasteiger partial charge in [-0.2, -0.15) is 4.89 Å². The first-order chi connectivity index (χ1) is 5.72. The van der Waals surface area contributed by atoms with Crippen molar-refractivity contribution < 1.29 is 4.89 Å². The van der Waals surface area contributed by atoms with Crippen LogP contribution in [0.4, 0.5) is 0 Å². The van der Waals surface area contributed by atoms with Crippen LogP contribution in [0.15, 0.2) is 0 Å². The molecule has 0 fully saturated rings. The maximum absolute atomic E-state index is 9.41. The van der Waals surface area contributed by atoms with Gasteiger partial charge in [-0.05, 0) is 12.8 Å². The second kappa shape index (κ2) is 8.55. The fourth-order valence-electron chi connectivity index (χ4n) is 0.887. The van der Waals surface area contributed by atoms with Crippen molar-refractivity contribution in [3.05, 3.63) is 0 Å². The molecule has 12 heavy (non-hydrogen) atoms. The molecule has 0 radical (unpaired) electrons. The lowest BCUT2D eigenvalue weighted by Gasteiger charge is -1.99. The predicted molar refractivity (Wildman–Crippen MR) is 65.0 cm³/mol. The van der Waals surface area contributed by atoms with E-state index in [4.69, 9.17) is 0 Å². The second-order valence-electron chi connectivity index (χ2n) is 2.83. The molecule has 0 aliphatic heterocycles. The predicted octanol–water partition coefficient (Wildman–Crippen LogP) is 3.35. The molecule has 0 spiro atoms. The monoisotopic (exact) mass is 227 g/mol. The quantitative estimate of drug-likeness (QED) is 0.526. The summed E-state index contributed by atoms with van der Waals surface area (Å²) in [7, 11) is 0.209. The lowest BCUT2D eigenvalue weighted by molar-refractivity contribution is 0.658. The van der Waals surface area contributed by atoms with Crippen LogP contribution in [-0.4, -0.2) is 16.4 Å². The number of unbranched alkanes of at least 4 members (excludes halogenated alkanes) is 2. The fourth-order valence-corrected chi connectivity index (χ4v) is 5.89. The molecule has 1 unspecified atom stereocenters. The van der Waals surface area contributed by atoms with Crippen molar-refractivity contribution in [2.24, 2.45) is 0 Å². The smallest absolute Gasteiger partial charge is 0.178 e. The normalized spacial score (nSPS) is 12.2. The first kappa shape index (κ1) is 13.0. The third kappa shape index (κ3) is 6.47. The molecule has 1 atom stereocenters. The van der Waals surface area contributed by atoms with Gasteiger partial charge in [0.1, 0.15) is 12.2 Å². The zero-order chi connectivity index (χ0) is 9.40. The van der Waals surface area contributed by atoms with Gasteiger partial charge in [-0.1, -0.05) is 26.7 Å². The average Bonchev–Trinajstić information content (AvgIpc) is 2.04. The molecule has 1 N–H and O–H groups in total. The molecular weight excluding hydrogens is 207 g/mol. The summed E-state index contributed by atoms with van der Waals surface area (Å²) in [5, 5.41) is 0. The maximum Gasteiger partial charge on any atom is 0.353 e. The van der Waals surface area contributed by atoms with Gasteiger partial charge in [0.05, 0.1) is 0 Å². The number of thiol groups is 1. The number of hydrogen-bond donors (Lipinski definition) is 2. The van der Waals surface area contributed by atoms with E-state index < -0.39 is 6.13 Å². The Kier molecular flexibility index (Phi) is 9.24. The molecule has 0 amide bonds. The second-order valence-corrected chi connectivity index (χ2v) is 9.61. The lowest BCUT2D eigenvalue weighted by atomic mass is 10.4. The van der Waals surface area contributed by atoms with Crippen molar-refractivity contribution >= 4 is 28.4 Å². The van der Waals surface area contributed by atoms with Crippen LogP contribution < -0.4 is 0 Å². The Bertz CT molecular complexity index is 134. The highest BCUT2D eigenvalue weighted by atomic mass is 32.9. The molecule has 4 heteroatoms. The van der Waals surface area contributed by atoms with Crippen LogP contribution >= 0.6 is 18.4 Å². The molecule has 1 nitrogen and oxygen atoms in total. The van der Waals surface area contributed by atoms with Gasteiger partial charge in [-0.15, -0.1) is 0 Å². The topological polar surface area (TPSA) is 20.2 Å². The van der Waals surface area contributed by atoms with Crippen molar-refractivity contribution in [3.63, 3.8) is 0 Å². The maximum atomic E-state index is 9.41. The Labute approximate surface area is 84.5 Å². The van der Waals surface area contributed by atoms with Crippen molar-refractivity contribution in [3.8, 4) is 0 Å². The molecule has 74 valence electrons. The highest BCUT2D eigenvalue weighted by molar-refractivity contribution is 8.60. The van der Waals surface area contributed by atoms with E-state index in [9.17, 15) is 4.89 Å². The van der Waals surface area contributed by atoms with Gasteiger partial charge in [0.15, 0.2) is 0 Å². The first-order valence-corrected chi connectivity index (χ1v) is 9.19. The highest BCUT2D eigenvalue weighted by Gasteiger charge is 2.09. The van der Waals surface area contributed by atoms with Crippen molar-refractivity contribution in [1.82, 2.24) is 0 Å². The Balaban J connectivity index is 3.80. The molecule has 0 aromatic heterocycles. The van der Waals surface area contributed by atoms with Gasteiger partial charge >= 0.3 is 6.13 Å². The summed E-state index contributed by atoms with van der Waals surface area (Å²) in [4.78, 5) is 9.41. The molecule has 0 aliphatic rings. The van der Waals surface area contributed by atoms with E-state index in [0.29, 0.717) is 0 Å². The molecule has 0 bridgehead atoms. The fraction of sp³-hybridized carbons (Fsp3) is 1.00. The minimum absolute atomic E-state index is 0.209. The van der Waals surface area contributed by atoms with Crippen LogP contribution in [0.2, 0.25) is 0 Å². The van der Waals surface area contributed by atoms with E-state index in [1.165, 1.54) is 37.2 Å². The van der Waals surface area contributed by atoms with Crippen LogP contribution in [0.5, 0.6) is 0 Å². The SMILES string of the molecule is CCCCS(CCCC)=[P+](O)S. The van der Waals surface area contributed by atoms with Crippen molar-refractivity contribution in [2.45, 2.75) is 39.5 Å². The minimum Gasteiger partial charge on any atom is -0.178 e. The average molecular weight is 227 g/mol. The summed E-state index contributed by atoms with van der Waals surface area (Å²) in [6, 6.07) is 0. The van der Waals surface area contributed by atoms with E-state index in [1.54, 1.807) is 0 Å². The molecule has 0 heterocycles. The summed E-state index contributed by atoms with van der Waals surface area (Å²) in [5.74, 6) is 2.37. The van der Waals surface area contributed by atoms with E-state index in [0.717, 1.165) is 0 Å². The van der Waals surface area contributed by atoms with Gasteiger partial charge in [0.2, 0.25) is 0 Å². The summed E-state index contributed by atoms with van der Waals surface area (Å²) in [6.07, 6.45) is 3.98. The van der Waals surface area contributed by atoms with E-state index in [-0.39, 0.29) is 10.1 Å². The van der Waals surface area contributed by atoms with Crippen LogP contribution in [-0.2, 0) is 10.1 Å². The Hall–Kier alpha value is 0.960. The third-order valence-electron chi connectivity index (χ3n) is 1.70. The third-order valence-corrected chi connectivity index (χ3v) is 8.24. The molecule has 0 saturated heterocycles. The van der Waals surface area contributed by atoms with Crippen LogP contribution in [0.3, 0.4) is 0 Å². The Morgan fingerprint density at radius 2 is 1.58 bits per heavy atom. The zero-order valence-electron chi connectivity index (χ0n) is 7.99. The van der Waals surface area contributed by atoms with Gasteiger partial charge in [-0.25, -0.2) is 0 Å². The summed E-state index contributed by atoms with van der Waals surface area (Å²) < 4.78 is 0. The molecule has 0 rings (SSSR count). The summed E-state index contributed by atoms with van der Waals surface area (Å²) >= 11 is 4.17. The minimum atomic E-state index is -0.965. The van der Waals surface area contributed by atoms with Crippen molar-refractivity contribution in [2.75, 3.05) is 11.5 Å². The summed E-state index contributed by atoms with van der Waals surface area (Å²) in [5.41, 5.74) is 0. The van der Waals surface area contributed by atoms with E-state index in [2.05, 4.69) is 26.1 Å². The first-order valence-electron chi connectivity index (χ1n) is 4.57. The number of hydrogen-bond acceptors (Lipinski definition) is 0. The van der Waals surface area contributed by atoms with Crippen molar-refractivity contribution in [1.29, 1.82) is 0 Å². The number of rotatable bonds is 6.